The molecule has 1 aromatic carbocycles. The van der Waals surface area contributed by atoms with Crippen LogP contribution in [0.1, 0.15) is 19.1 Å². The number of phenols is 1. The highest BCUT2D eigenvalue weighted by atomic mass is 16.5. The molecule has 9 nitrogen and oxygen atoms in total. The van der Waals surface area contributed by atoms with Crippen LogP contribution in [0, 0.1) is 0 Å². The van der Waals surface area contributed by atoms with Gasteiger partial charge < -0.3 is 25.6 Å². The second-order valence-electron chi connectivity index (χ2n) is 5.71. The molecular weight excluding hydrogens is 324 g/mol. The van der Waals surface area contributed by atoms with E-state index < -0.39 is 0 Å². The normalized spacial score (nSPS) is 17.1. The summed E-state index contributed by atoms with van der Waals surface area (Å²) in [5, 5.41) is 13.0. The number of hydrogen-bond donors (Lipinski definition) is 3. The van der Waals surface area contributed by atoms with Gasteiger partial charge in [0, 0.05) is 6.61 Å². The minimum atomic E-state index is -0.0949. The maximum absolute atomic E-state index is 9.93. The highest BCUT2D eigenvalue weighted by molar-refractivity contribution is 5.87. The predicted molar refractivity (Wildman–Crippen MR) is 91.9 cm³/mol. The molecule has 1 atom stereocenters. The lowest BCUT2D eigenvalue weighted by Gasteiger charge is -2.13. The smallest absolute Gasteiger partial charge is 0.224 e. The predicted octanol–water partition coefficient (Wildman–Crippen LogP) is 2.18. The molecule has 0 saturated carbocycles. The van der Waals surface area contributed by atoms with Crippen LogP contribution in [0.5, 0.6) is 11.5 Å². The number of phenolic OH excluding ortho intramolecular Hbond substituents is 1. The van der Waals surface area contributed by atoms with Crippen molar-refractivity contribution in [2.24, 2.45) is 0 Å². The number of nitrogens with one attached hydrogen (secondary N) is 1. The summed E-state index contributed by atoms with van der Waals surface area (Å²) in [5.74, 6) is 0.888. The molecule has 1 aliphatic heterocycles. The lowest BCUT2D eigenvalue weighted by molar-refractivity contribution is 0.0593. The summed E-state index contributed by atoms with van der Waals surface area (Å²) in [6.07, 6.45) is 3.48. The van der Waals surface area contributed by atoms with Gasteiger partial charge in [0.25, 0.3) is 0 Å². The van der Waals surface area contributed by atoms with Gasteiger partial charge in [-0.05, 0) is 25.0 Å². The molecule has 25 heavy (non-hydrogen) atoms. The van der Waals surface area contributed by atoms with Crippen molar-refractivity contribution in [1.82, 2.24) is 19.5 Å². The van der Waals surface area contributed by atoms with Crippen molar-refractivity contribution in [2.75, 3.05) is 24.8 Å². The summed E-state index contributed by atoms with van der Waals surface area (Å²) in [4.78, 5) is 13.0. The first-order valence-corrected chi connectivity index (χ1v) is 7.92. The number of fused-ring (bicyclic) bond motifs is 1. The van der Waals surface area contributed by atoms with Gasteiger partial charge in [-0.3, -0.25) is 4.57 Å². The molecule has 3 heterocycles. The maximum atomic E-state index is 9.93. The standard InChI is InChI=1S/C16H18N6O3/c1-24-13-9(4-2-5-10(13)23)19-14-12-15(21-16(17)20-14)22(8-18-12)11-6-3-7-25-11/h2,4-5,8,11,23H,3,6-7H2,1H3,(H3,17,19,20,21). The number of benzene rings is 1. The Labute approximate surface area is 143 Å². The molecule has 0 amide bonds. The van der Waals surface area contributed by atoms with Gasteiger partial charge in [0.05, 0.1) is 19.1 Å². The zero-order valence-corrected chi connectivity index (χ0v) is 13.6. The Balaban J connectivity index is 1.79. The summed E-state index contributed by atoms with van der Waals surface area (Å²) >= 11 is 0. The Morgan fingerprint density at radius 1 is 1.40 bits per heavy atom. The quantitative estimate of drug-likeness (QED) is 0.660. The van der Waals surface area contributed by atoms with E-state index in [4.69, 9.17) is 15.2 Å². The number of nitrogens with zero attached hydrogens (tertiary/aromatic N) is 4. The highest BCUT2D eigenvalue weighted by Gasteiger charge is 2.22. The minimum absolute atomic E-state index is 0.0238. The van der Waals surface area contributed by atoms with Gasteiger partial charge in [-0.1, -0.05) is 6.07 Å². The Morgan fingerprint density at radius 3 is 3.04 bits per heavy atom. The first-order chi connectivity index (χ1) is 12.2. The summed E-state index contributed by atoms with van der Waals surface area (Å²) in [6, 6.07) is 5.01. The number of aromatic nitrogens is 4. The van der Waals surface area contributed by atoms with Crippen LogP contribution >= 0.6 is 0 Å². The number of nitrogens with two attached hydrogens (primary N) is 1. The van der Waals surface area contributed by atoms with Crippen molar-refractivity contribution in [3.63, 3.8) is 0 Å². The number of imidazole rings is 1. The lowest BCUT2D eigenvalue weighted by atomic mass is 10.2. The van der Waals surface area contributed by atoms with E-state index in [-0.39, 0.29) is 17.9 Å². The van der Waals surface area contributed by atoms with Gasteiger partial charge in [0.15, 0.2) is 28.5 Å². The van der Waals surface area contributed by atoms with Crippen LogP contribution in [0.2, 0.25) is 0 Å². The van der Waals surface area contributed by atoms with Crippen LogP contribution < -0.4 is 15.8 Å². The molecule has 0 bridgehead atoms. The molecule has 0 radical (unpaired) electrons. The van der Waals surface area contributed by atoms with Gasteiger partial charge >= 0.3 is 0 Å². The molecule has 0 spiro atoms. The third-order valence-electron chi connectivity index (χ3n) is 4.11. The van der Waals surface area contributed by atoms with Crippen LogP contribution in [0.3, 0.4) is 0 Å². The zero-order chi connectivity index (χ0) is 17.4. The number of anilines is 3. The van der Waals surface area contributed by atoms with E-state index in [0.717, 1.165) is 19.4 Å². The van der Waals surface area contributed by atoms with Crippen LogP contribution in [0.4, 0.5) is 17.5 Å². The van der Waals surface area contributed by atoms with Gasteiger partial charge in [-0.25, -0.2) is 4.98 Å². The van der Waals surface area contributed by atoms with Crippen LogP contribution in [-0.4, -0.2) is 38.3 Å². The molecule has 130 valence electrons. The average molecular weight is 342 g/mol. The first-order valence-electron chi connectivity index (χ1n) is 7.92. The molecule has 2 aromatic heterocycles. The molecule has 4 rings (SSSR count). The maximum Gasteiger partial charge on any atom is 0.224 e. The second kappa shape index (κ2) is 6.10. The summed E-state index contributed by atoms with van der Waals surface area (Å²) in [7, 11) is 1.48. The number of ether oxygens (including phenoxy) is 2. The monoisotopic (exact) mass is 342 g/mol. The molecule has 1 unspecified atom stereocenters. The number of rotatable bonds is 4. The Bertz CT molecular complexity index is 920. The van der Waals surface area contributed by atoms with E-state index in [1.54, 1.807) is 24.5 Å². The third-order valence-corrected chi connectivity index (χ3v) is 4.11. The number of methoxy groups -OCH3 is 1. The highest BCUT2D eigenvalue weighted by Crippen LogP contribution is 2.37. The molecule has 9 heteroatoms. The topological polar surface area (TPSA) is 120 Å². The van der Waals surface area contributed by atoms with Crippen molar-refractivity contribution in [1.29, 1.82) is 0 Å². The van der Waals surface area contributed by atoms with E-state index >= 15 is 0 Å². The summed E-state index contributed by atoms with van der Waals surface area (Å²) < 4.78 is 12.8. The van der Waals surface area contributed by atoms with Crippen molar-refractivity contribution in [2.45, 2.75) is 19.1 Å². The summed E-state index contributed by atoms with van der Waals surface area (Å²) in [5.41, 5.74) is 7.59. The van der Waals surface area contributed by atoms with Gasteiger partial charge in [0.2, 0.25) is 5.95 Å². The molecule has 3 aromatic rings. The van der Waals surface area contributed by atoms with Crippen molar-refractivity contribution in [3.8, 4) is 11.5 Å². The zero-order valence-electron chi connectivity index (χ0n) is 13.6. The molecule has 0 aliphatic carbocycles. The van der Waals surface area contributed by atoms with E-state index in [2.05, 4.69) is 20.3 Å². The Hall–Kier alpha value is -3.07. The molecular formula is C16H18N6O3. The molecule has 4 N–H and O–H groups in total. The molecule has 1 fully saturated rings. The third kappa shape index (κ3) is 2.68. The van der Waals surface area contributed by atoms with E-state index in [9.17, 15) is 5.11 Å². The fourth-order valence-electron chi connectivity index (χ4n) is 2.98. The van der Waals surface area contributed by atoms with E-state index in [1.165, 1.54) is 7.11 Å². The summed E-state index contributed by atoms with van der Waals surface area (Å²) in [6.45, 7) is 0.719. The number of aromatic hydroxyl groups is 1. The van der Waals surface area contributed by atoms with Crippen molar-refractivity contribution >= 4 is 28.6 Å². The Kier molecular flexibility index (Phi) is 3.77. The Morgan fingerprint density at radius 2 is 2.28 bits per heavy atom. The van der Waals surface area contributed by atoms with Crippen molar-refractivity contribution < 1.29 is 14.6 Å². The molecule has 1 saturated heterocycles. The van der Waals surface area contributed by atoms with Crippen molar-refractivity contribution in [3.05, 3.63) is 24.5 Å². The fraction of sp³-hybridized carbons (Fsp3) is 0.312. The number of hydrogen-bond acceptors (Lipinski definition) is 8. The van der Waals surface area contributed by atoms with Gasteiger partial charge in [0.1, 0.15) is 6.23 Å². The SMILES string of the molecule is COc1c(O)cccc1Nc1nc(N)nc2c1ncn2C1CCCO1. The second-order valence-corrected chi connectivity index (χ2v) is 5.71. The van der Waals surface area contributed by atoms with E-state index in [0.29, 0.717) is 28.4 Å². The number of para-hydroxylation sites is 1. The van der Waals surface area contributed by atoms with Crippen LogP contribution in [0.15, 0.2) is 24.5 Å². The van der Waals surface area contributed by atoms with Gasteiger partial charge in [-0.2, -0.15) is 9.97 Å². The van der Waals surface area contributed by atoms with E-state index in [1.807, 2.05) is 4.57 Å². The fourth-order valence-corrected chi connectivity index (χ4v) is 2.98. The average Bonchev–Trinajstić information content (AvgIpc) is 3.24. The van der Waals surface area contributed by atoms with Gasteiger partial charge in [-0.15, -0.1) is 0 Å². The molecule has 1 aliphatic rings. The lowest BCUT2D eigenvalue weighted by Crippen LogP contribution is -2.08. The van der Waals surface area contributed by atoms with Crippen LogP contribution in [0.25, 0.3) is 11.2 Å². The van der Waals surface area contributed by atoms with Crippen LogP contribution in [-0.2, 0) is 4.74 Å². The number of nitrogen functional groups attached to an aromatic ring is 1. The largest absolute Gasteiger partial charge is 0.504 e. The first kappa shape index (κ1) is 15.5. The minimum Gasteiger partial charge on any atom is -0.504 e.